The number of likely N-dealkylation sites (tertiary alicyclic amines) is 2. The number of hydrogen-bond donors (Lipinski definition) is 1. The molecule has 5 aliphatic rings. The van der Waals surface area contributed by atoms with Crippen LogP contribution in [0.5, 0.6) is 0 Å². The fourth-order valence-corrected chi connectivity index (χ4v) is 8.07. The summed E-state index contributed by atoms with van der Waals surface area (Å²) in [7, 11) is 0. The van der Waals surface area contributed by atoms with E-state index in [-0.39, 0.29) is 29.6 Å². The molecule has 2 bridgehead atoms. The summed E-state index contributed by atoms with van der Waals surface area (Å²) in [6.07, 6.45) is 8.29. The van der Waals surface area contributed by atoms with E-state index in [1.165, 1.54) is 30.4 Å². The monoisotopic (exact) mass is 502 g/mol. The van der Waals surface area contributed by atoms with E-state index in [1.807, 2.05) is 0 Å². The standard InChI is InChI=1S/C32H42N2O3/c35-26-14-18-33(19-15-26)23-30(36)37-29-22-32(34-16-8-3-9-17-34)20-27(24-10-4-1-5-11-24)31(29)28(21-32)25-12-6-2-7-13-25/h1-2,4-7,10-13,26-29,31,35H,3,8-9,14-23H2/t27-,28-,29-,31?,32?/m0/s1. The molecule has 0 spiro atoms. The Balaban J connectivity index is 1.33. The molecule has 2 aliphatic heterocycles. The molecule has 0 unspecified atom stereocenters. The number of nitrogens with zero attached hydrogens (tertiary/aromatic N) is 2. The highest BCUT2D eigenvalue weighted by Gasteiger charge is 2.59. The Bertz CT molecular complexity index is 981. The Morgan fingerprint density at radius 3 is 1.95 bits per heavy atom. The van der Waals surface area contributed by atoms with Crippen molar-refractivity contribution in [1.82, 2.24) is 9.80 Å². The Morgan fingerprint density at radius 2 is 1.38 bits per heavy atom. The molecular weight excluding hydrogens is 460 g/mol. The number of esters is 1. The van der Waals surface area contributed by atoms with Crippen molar-refractivity contribution in [3.05, 3.63) is 71.8 Å². The van der Waals surface area contributed by atoms with Crippen LogP contribution in [0.25, 0.3) is 0 Å². The molecule has 3 atom stereocenters. The third-order valence-electron chi connectivity index (χ3n) is 9.81. The van der Waals surface area contributed by atoms with Crippen LogP contribution < -0.4 is 0 Å². The number of fused-ring (bicyclic) bond motifs is 3. The van der Waals surface area contributed by atoms with Crippen LogP contribution in [0.1, 0.15) is 74.3 Å². The second-order valence-corrected chi connectivity index (χ2v) is 12.0. The maximum absolute atomic E-state index is 13.4. The summed E-state index contributed by atoms with van der Waals surface area (Å²) in [6.45, 7) is 4.18. The topological polar surface area (TPSA) is 53.0 Å². The first-order chi connectivity index (χ1) is 18.1. The lowest BCUT2D eigenvalue weighted by molar-refractivity contribution is -0.171. The smallest absolute Gasteiger partial charge is 0.320 e. The van der Waals surface area contributed by atoms with Gasteiger partial charge in [-0.1, -0.05) is 67.1 Å². The molecule has 5 heteroatoms. The minimum atomic E-state index is -0.232. The highest BCUT2D eigenvalue weighted by molar-refractivity contribution is 5.72. The van der Waals surface area contributed by atoms with Gasteiger partial charge in [-0.25, -0.2) is 0 Å². The van der Waals surface area contributed by atoms with Gasteiger partial charge in [0.25, 0.3) is 0 Å². The predicted molar refractivity (Wildman–Crippen MR) is 145 cm³/mol. The van der Waals surface area contributed by atoms with Crippen molar-refractivity contribution in [2.45, 2.75) is 80.9 Å². The maximum Gasteiger partial charge on any atom is 0.320 e. The molecule has 5 fully saturated rings. The highest BCUT2D eigenvalue weighted by Crippen LogP contribution is 2.60. The van der Waals surface area contributed by atoms with E-state index >= 15 is 0 Å². The van der Waals surface area contributed by atoms with E-state index in [0.717, 1.165) is 58.3 Å². The molecule has 0 radical (unpaired) electrons. The molecule has 5 nitrogen and oxygen atoms in total. The third-order valence-corrected chi connectivity index (χ3v) is 9.81. The van der Waals surface area contributed by atoms with Crippen molar-refractivity contribution in [2.75, 3.05) is 32.7 Å². The van der Waals surface area contributed by atoms with Crippen molar-refractivity contribution in [1.29, 1.82) is 0 Å². The minimum Gasteiger partial charge on any atom is -0.461 e. The molecule has 0 amide bonds. The molecule has 3 aliphatic carbocycles. The fourth-order valence-electron chi connectivity index (χ4n) is 8.07. The molecule has 7 rings (SSSR count). The zero-order chi connectivity index (χ0) is 25.2. The number of aliphatic hydroxyl groups is 1. The molecule has 198 valence electrons. The van der Waals surface area contributed by atoms with Crippen molar-refractivity contribution >= 4 is 5.97 Å². The van der Waals surface area contributed by atoms with Crippen molar-refractivity contribution in [2.24, 2.45) is 5.92 Å². The van der Waals surface area contributed by atoms with Gasteiger partial charge in [-0.05, 0) is 74.6 Å². The van der Waals surface area contributed by atoms with E-state index in [2.05, 4.69) is 70.5 Å². The van der Waals surface area contributed by atoms with Crippen LogP contribution in [-0.2, 0) is 9.53 Å². The molecule has 2 aromatic rings. The van der Waals surface area contributed by atoms with E-state index in [4.69, 9.17) is 4.74 Å². The van der Waals surface area contributed by atoms with Gasteiger partial charge < -0.3 is 9.84 Å². The Labute approximate surface area is 221 Å². The summed E-state index contributed by atoms with van der Waals surface area (Å²) in [5.41, 5.74) is 2.84. The van der Waals surface area contributed by atoms with Gasteiger partial charge in [-0.15, -0.1) is 0 Å². The van der Waals surface area contributed by atoms with Gasteiger partial charge in [0, 0.05) is 31.0 Å². The quantitative estimate of drug-likeness (QED) is 0.566. The van der Waals surface area contributed by atoms with Gasteiger partial charge in [0.15, 0.2) is 0 Å². The average molecular weight is 503 g/mol. The van der Waals surface area contributed by atoms with Gasteiger partial charge in [0.05, 0.1) is 12.6 Å². The number of carbonyl (C=O) groups excluding carboxylic acids is 1. The highest BCUT2D eigenvalue weighted by atomic mass is 16.5. The number of piperidine rings is 2. The lowest BCUT2D eigenvalue weighted by Crippen LogP contribution is -2.64. The summed E-state index contributed by atoms with van der Waals surface area (Å²) in [4.78, 5) is 18.3. The van der Waals surface area contributed by atoms with Crippen LogP contribution in [0.3, 0.4) is 0 Å². The summed E-state index contributed by atoms with van der Waals surface area (Å²) in [6, 6.07) is 22.0. The predicted octanol–water partition coefficient (Wildman–Crippen LogP) is 4.96. The minimum absolute atomic E-state index is 0.0658. The molecule has 0 aromatic heterocycles. The van der Waals surface area contributed by atoms with Gasteiger partial charge in [0.1, 0.15) is 6.10 Å². The number of aliphatic hydroxyl groups excluding tert-OH is 1. The normalized spacial score (nSPS) is 33.3. The van der Waals surface area contributed by atoms with Gasteiger partial charge in [0.2, 0.25) is 0 Å². The molecule has 37 heavy (non-hydrogen) atoms. The molecule has 2 saturated heterocycles. The van der Waals surface area contributed by atoms with Crippen LogP contribution in [0.15, 0.2) is 60.7 Å². The first-order valence-electron chi connectivity index (χ1n) is 14.6. The van der Waals surface area contributed by atoms with Crippen LogP contribution in [0.4, 0.5) is 0 Å². The number of ether oxygens (including phenoxy) is 1. The summed E-state index contributed by atoms with van der Waals surface area (Å²) < 4.78 is 6.50. The number of hydrogen-bond acceptors (Lipinski definition) is 5. The zero-order valence-corrected chi connectivity index (χ0v) is 22.0. The number of carbonyl (C=O) groups is 1. The third kappa shape index (κ3) is 5.23. The van der Waals surface area contributed by atoms with Crippen molar-refractivity contribution < 1.29 is 14.6 Å². The fraction of sp³-hybridized carbons (Fsp3) is 0.594. The second kappa shape index (κ2) is 10.9. The van der Waals surface area contributed by atoms with E-state index in [0.29, 0.717) is 18.4 Å². The number of benzene rings is 2. The first-order valence-corrected chi connectivity index (χ1v) is 14.6. The summed E-state index contributed by atoms with van der Waals surface area (Å²) >= 11 is 0. The number of rotatable bonds is 6. The second-order valence-electron chi connectivity index (χ2n) is 12.0. The van der Waals surface area contributed by atoms with E-state index < -0.39 is 0 Å². The summed E-state index contributed by atoms with van der Waals surface area (Å²) in [5, 5.41) is 9.87. The van der Waals surface area contributed by atoms with Crippen LogP contribution in [0.2, 0.25) is 0 Å². The van der Waals surface area contributed by atoms with Gasteiger partial charge in [-0.3, -0.25) is 14.6 Å². The van der Waals surface area contributed by atoms with Gasteiger partial charge >= 0.3 is 5.97 Å². The Morgan fingerprint density at radius 1 is 0.811 bits per heavy atom. The van der Waals surface area contributed by atoms with Crippen LogP contribution in [0, 0.1) is 5.92 Å². The zero-order valence-electron chi connectivity index (χ0n) is 22.0. The molecular formula is C32H42N2O3. The molecule has 2 aromatic carbocycles. The Kier molecular flexibility index (Phi) is 7.38. The lowest BCUT2D eigenvalue weighted by Gasteiger charge is -2.62. The first kappa shape index (κ1) is 25.1. The molecule has 2 heterocycles. The van der Waals surface area contributed by atoms with E-state index in [9.17, 15) is 9.90 Å². The van der Waals surface area contributed by atoms with E-state index in [1.54, 1.807) is 0 Å². The Hall–Kier alpha value is -2.21. The van der Waals surface area contributed by atoms with Crippen molar-refractivity contribution in [3.63, 3.8) is 0 Å². The molecule has 3 saturated carbocycles. The SMILES string of the molecule is O=C(CN1CCC(O)CC1)O[C@H]1CC2(N3CCCCC3)C[C@@H](c3ccccc3)C1[C@H](c1ccccc1)C2. The van der Waals surface area contributed by atoms with Crippen molar-refractivity contribution in [3.8, 4) is 0 Å². The van der Waals surface area contributed by atoms with Gasteiger partial charge in [-0.2, -0.15) is 0 Å². The maximum atomic E-state index is 13.4. The average Bonchev–Trinajstić information content (AvgIpc) is 2.95. The molecule has 1 N–H and O–H groups in total. The van der Waals surface area contributed by atoms with Crippen LogP contribution >= 0.6 is 0 Å². The largest absolute Gasteiger partial charge is 0.461 e. The summed E-state index contributed by atoms with van der Waals surface area (Å²) in [5.74, 6) is 0.933. The lowest BCUT2D eigenvalue weighted by atomic mass is 9.51. The van der Waals surface area contributed by atoms with Crippen LogP contribution in [-0.4, -0.2) is 71.3 Å².